The Hall–Kier alpha value is -1.44. The van der Waals surface area contributed by atoms with Gasteiger partial charge in [-0.3, -0.25) is 14.4 Å². The van der Waals surface area contributed by atoms with Crippen LogP contribution in [-0.2, 0) is 33.7 Å². The van der Waals surface area contributed by atoms with E-state index in [1.165, 1.54) is 19.3 Å². The molecule has 216 valence electrons. The van der Waals surface area contributed by atoms with Crippen molar-refractivity contribution < 1.29 is 32.3 Å². The van der Waals surface area contributed by atoms with E-state index < -0.39 is 56.5 Å². The summed E-state index contributed by atoms with van der Waals surface area (Å²) in [5, 5.41) is 0. The molecule has 3 saturated carbocycles. The molecule has 0 aromatic carbocycles. The molecule has 7 nitrogen and oxygen atoms in total. The number of rotatable bonds is 5. The average Bonchev–Trinajstić information content (AvgIpc) is 3.48. The zero-order valence-electron chi connectivity index (χ0n) is 20.0. The van der Waals surface area contributed by atoms with E-state index in [0.717, 1.165) is 25.2 Å². The first kappa shape index (κ1) is 33.6. The lowest BCUT2D eigenvalue weighted by Gasteiger charge is -2.44. The Bertz CT molecular complexity index is 986. The third-order valence-electron chi connectivity index (χ3n) is 10.0. The lowest BCUT2D eigenvalue weighted by molar-refractivity contribution is -0.186. The highest BCUT2D eigenvalue weighted by Crippen LogP contribution is 2.64. The van der Waals surface area contributed by atoms with Crippen LogP contribution in [0.2, 0.25) is 0 Å². The van der Waals surface area contributed by atoms with Gasteiger partial charge in [0.2, 0.25) is 0 Å². The van der Waals surface area contributed by atoms with Gasteiger partial charge in [-0.05, 0) is 75.5 Å². The van der Waals surface area contributed by atoms with Crippen molar-refractivity contribution in [2.75, 3.05) is 11.5 Å². The third-order valence-corrected chi connectivity index (χ3v) is 12.0. The predicted molar refractivity (Wildman–Crippen MR) is 146 cm³/mol. The molecule has 9 unspecified atom stereocenters. The Kier molecular flexibility index (Phi) is 9.96. The quantitative estimate of drug-likeness (QED) is 0.323. The molecule has 2 heterocycles. The smallest absolute Gasteiger partial charge is 0.318 e. The van der Waals surface area contributed by atoms with Crippen molar-refractivity contribution in [3.05, 3.63) is 0 Å². The summed E-state index contributed by atoms with van der Waals surface area (Å²) in [6, 6.07) is 0. The van der Waals surface area contributed by atoms with Crippen LogP contribution in [-0.4, -0.2) is 43.4 Å². The zero-order chi connectivity index (χ0) is 23.9. The van der Waals surface area contributed by atoms with Gasteiger partial charge < -0.3 is 9.47 Å². The molecule has 0 spiro atoms. The summed E-state index contributed by atoms with van der Waals surface area (Å²) in [5.41, 5.74) is -1.80. The van der Waals surface area contributed by atoms with E-state index in [1.54, 1.807) is 20.8 Å². The first-order chi connectivity index (χ1) is 15.4. The van der Waals surface area contributed by atoms with Crippen LogP contribution in [0.4, 0.5) is 0 Å². The van der Waals surface area contributed by atoms with Crippen LogP contribution >= 0.6 is 0 Å². The van der Waals surface area contributed by atoms with E-state index in [2.05, 4.69) is 6.92 Å². The van der Waals surface area contributed by atoms with Gasteiger partial charge >= 0.3 is 17.9 Å². The van der Waals surface area contributed by atoms with Gasteiger partial charge in [0.05, 0.1) is 28.8 Å². The summed E-state index contributed by atoms with van der Waals surface area (Å²) >= 11 is 0. The molecule has 2 aliphatic heterocycles. The molecule has 0 aromatic rings. The minimum Gasteiger partial charge on any atom is -0.458 e. The van der Waals surface area contributed by atoms with E-state index >= 15 is 0 Å². The normalized spacial score (nSPS) is 41.0. The van der Waals surface area contributed by atoms with Crippen LogP contribution in [0.1, 0.15) is 95.9 Å². The molecular weight excluding hydrogens is 492 g/mol. The molecule has 2 bridgehead atoms. The van der Waals surface area contributed by atoms with Crippen LogP contribution in [0.3, 0.4) is 0 Å². The van der Waals surface area contributed by atoms with Crippen molar-refractivity contribution in [1.29, 1.82) is 0 Å². The van der Waals surface area contributed by atoms with Crippen LogP contribution < -0.4 is 0 Å². The molecule has 9 atom stereocenters. The monoisotopic (exact) mass is 544 g/mol. The molecule has 0 radical (unpaired) electrons. The van der Waals surface area contributed by atoms with E-state index in [1.807, 2.05) is 0 Å². The summed E-state index contributed by atoms with van der Waals surface area (Å²) in [4.78, 5) is 39.2. The number of esters is 3. The number of carbonyl (C=O) groups excluding carboxylic acids is 3. The molecule has 5 aliphatic rings. The fourth-order valence-corrected chi connectivity index (χ4v) is 10.7. The molecule has 3 aliphatic carbocycles. The number of hydrogen-bond acceptors (Lipinski definition) is 7. The highest BCUT2D eigenvalue weighted by molar-refractivity contribution is 7.91. The van der Waals surface area contributed by atoms with Gasteiger partial charge in [-0.1, -0.05) is 50.0 Å². The Morgan fingerprint density at radius 1 is 1.03 bits per heavy atom. The van der Waals surface area contributed by atoms with Crippen LogP contribution in [0.15, 0.2) is 0 Å². The molecule has 2 saturated heterocycles. The standard InChI is InChI=1S/C25H36O7S.4CH4/c1-5-25(10-14-9-18(25)16-8-6-7-15(14)16)32-23(28)24(3,4)20-19(21(26)31-22(20)27)17-12-33(29,30)11-13(17)2;;;;/h13-20H,5-12H2,1-4H3;4*1H4. The molecule has 37 heavy (non-hydrogen) atoms. The maximum atomic E-state index is 13.7. The zero-order valence-corrected chi connectivity index (χ0v) is 20.9. The highest BCUT2D eigenvalue weighted by Gasteiger charge is 2.65. The topological polar surface area (TPSA) is 104 Å². The highest BCUT2D eigenvalue weighted by atomic mass is 32.2. The van der Waals surface area contributed by atoms with Crippen LogP contribution in [0.5, 0.6) is 0 Å². The Morgan fingerprint density at radius 2 is 1.65 bits per heavy atom. The first-order valence-electron chi connectivity index (χ1n) is 12.6. The predicted octanol–water partition coefficient (Wildman–Crippen LogP) is 5.70. The number of hydrogen-bond donors (Lipinski definition) is 0. The Morgan fingerprint density at radius 3 is 2.22 bits per heavy atom. The van der Waals surface area contributed by atoms with Crippen molar-refractivity contribution in [3.63, 3.8) is 0 Å². The summed E-state index contributed by atoms with van der Waals surface area (Å²) < 4.78 is 35.8. The second-order valence-corrected chi connectivity index (χ2v) is 14.2. The number of cyclic esters (lactones) is 2. The molecule has 0 N–H and O–H groups in total. The van der Waals surface area contributed by atoms with Gasteiger partial charge in [0.15, 0.2) is 9.84 Å². The molecule has 8 heteroatoms. The fraction of sp³-hybridized carbons (Fsp3) is 0.897. The fourth-order valence-electron chi connectivity index (χ4n) is 8.44. The molecule has 5 rings (SSSR count). The van der Waals surface area contributed by atoms with Crippen molar-refractivity contribution in [2.24, 2.45) is 52.8 Å². The second kappa shape index (κ2) is 11.0. The summed E-state index contributed by atoms with van der Waals surface area (Å²) in [7, 11) is -3.29. The van der Waals surface area contributed by atoms with Gasteiger partial charge in [-0.15, -0.1) is 0 Å². The van der Waals surface area contributed by atoms with Gasteiger partial charge in [-0.2, -0.15) is 0 Å². The summed E-state index contributed by atoms with van der Waals surface area (Å²) in [6.45, 7) is 7.16. The van der Waals surface area contributed by atoms with Crippen molar-refractivity contribution in [2.45, 2.75) is 102 Å². The average molecular weight is 545 g/mol. The van der Waals surface area contributed by atoms with E-state index in [0.29, 0.717) is 17.8 Å². The maximum Gasteiger partial charge on any atom is 0.318 e. The summed E-state index contributed by atoms with van der Waals surface area (Å²) in [6.07, 6.45) is 6.48. The first-order valence-corrected chi connectivity index (χ1v) is 14.4. The number of carbonyl (C=O) groups is 3. The molecule has 0 aromatic heterocycles. The molecular formula is C29H52O7S. The van der Waals surface area contributed by atoms with Crippen molar-refractivity contribution in [1.82, 2.24) is 0 Å². The van der Waals surface area contributed by atoms with E-state index in [-0.39, 0.29) is 47.1 Å². The largest absolute Gasteiger partial charge is 0.458 e. The number of sulfone groups is 1. The lowest BCUT2D eigenvalue weighted by Crippen LogP contribution is -2.50. The SMILES string of the molecule is C.C.C.C.CCC1(OC(=O)C(C)(C)C2C(=O)OC(=O)C2C2CS(=O)(=O)CC2C)CC2CC1C1CCCC21. The van der Waals surface area contributed by atoms with Crippen molar-refractivity contribution in [3.8, 4) is 0 Å². The van der Waals surface area contributed by atoms with Gasteiger partial charge in [0, 0.05) is 5.92 Å². The summed E-state index contributed by atoms with van der Waals surface area (Å²) in [5.74, 6) is -2.53. The lowest BCUT2D eigenvalue weighted by atomic mass is 9.66. The Balaban J connectivity index is 0.00000171. The third kappa shape index (κ3) is 5.00. The number of fused-ring (bicyclic) bond motifs is 5. The number of ether oxygens (including phenoxy) is 2. The second-order valence-electron chi connectivity index (χ2n) is 12.1. The minimum absolute atomic E-state index is 0. The molecule has 5 fully saturated rings. The van der Waals surface area contributed by atoms with E-state index in [9.17, 15) is 22.8 Å². The van der Waals surface area contributed by atoms with Gasteiger partial charge in [-0.25, -0.2) is 8.42 Å². The molecule has 0 amide bonds. The van der Waals surface area contributed by atoms with Crippen LogP contribution in [0.25, 0.3) is 0 Å². The van der Waals surface area contributed by atoms with E-state index in [4.69, 9.17) is 9.47 Å². The Labute approximate surface area is 225 Å². The van der Waals surface area contributed by atoms with Gasteiger partial charge in [0.1, 0.15) is 5.60 Å². The minimum atomic E-state index is -3.29. The van der Waals surface area contributed by atoms with Crippen molar-refractivity contribution >= 4 is 27.7 Å². The maximum absolute atomic E-state index is 13.7. The van der Waals surface area contributed by atoms with Crippen LogP contribution in [0, 0.1) is 52.8 Å². The van der Waals surface area contributed by atoms with Gasteiger partial charge in [0.25, 0.3) is 0 Å².